The lowest BCUT2D eigenvalue weighted by Gasteiger charge is -2.34. The third-order valence-corrected chi connectivity index (χ3v) is 8.98. The zero-order chi connectivity index (χ0) is 33.3. The number of fused-ring (bicyclic) bond motifs is 2. The molecule has 0 radical (unpaired) electrons. The van der Waals surface area contributed by atoms with Gasteiger partial charge in [-0.2, -0.15) is 0 Å². The van der Waals surface area contributed by atoms with Crippen LogP contribution < -0.4 is 19.5 Å². The van der Waals surface area contributed by atoms with Crippen molar-refractivity contribution in [1.82, 2.24) is 23.9 Å². The Bertz CT molecular complexity index is 2130. The number of hydrogen-bond acceptors (Lipinski definition) is 7. The molecule has 0 atom stereocenters. The number of ether oxygens (including phenoxy) is 3. The molecule has 0 bridgehead atoms. The predicted octanol–water partition coefficient (Wildman–Crippen LogP) is 6.10. The summed E-state index contributed by atoms with van der Waals surface area (Å²) in [6.07, 6.45) is 5.47. The molecular weight excluding hydrogens is 620 g/mol. The predicted molar refractivity (Wildman–Crippen MR) is 185 cm³/mol. The molecule has 3 aromatic carbocycles. The Morgan fingerprint density at radius 3 is 2.43 bits per heavy atom. The maximum Gasteiger partial charge on any atom is 0.270 e. The van der Waals surface area contributed by atoms with Crippen molar-refractivity contribution in [2.24, 2.45) is 7.05 Å². The smallest absolute Gasteiger partial charge is 0.270 e. The molecule has 0 aliphatic carbocycles. The third kappa shape index (κ3) is 6.31. The van der Waals surface area contributed by atoms with Gasteiger partial charge in [0.2, 0.25) is 12.7 Å². The van der Waals surface area contributed by atoms with E-state index >= 15 is 0 Å². The third-order valence-electron chi connectivity index (χ3n) is 8.98. The van der Waals surface area contributed by atoms with Gasteiger partial charge in [0.05, 0.1) is 11.9 Å². The number of carbonyl (C=O) groups excluding carboxylic acids is 2. The van der Waals surface area contributed by atoms with Gasteiger partial charge < -0.3 is 33.6 Å². The van der Waals surface area contributed by atoms with E-state index in [1.807, 2.05) is 94.1 Å². The normalized spacial score (nSPS) is 14.3. The molecule has 11 nitrogen and oxygen atoms in total. The molecule has 0 saturated carbocycles. The standard InChI is InChI=1S/C38H34N6O5/c1-41-32-11-10-31(49-36-13-7-29(23-39-36)40-37(45)27-5-8-30(9-6-27)43-14-2-3-15-43)21-28(32)22-33(41)38(46)44-18-16-42(17-19-44)24-26-4-12-34-35(20-26)48-25-47-34/h2-15,20-23H,16-19,24-25H2,1H3,(H,40,45). The van der Waals surface area contributed by atoms with E-state index in [9.17, 15) is 9.59 Å². The lowest BCUT2D eigenvalue weighted by atomic mass is 10.1. The summed E-state index contributed by atoms with van der Waals surface area (Å²) in [6, 6.07) is 28.4. The second kappa shape index (κ2) is 12.9. The van der Waals surface area contributed by atoms with Crippen LogP contribution in [-0.2, 0) is 13.6 Å². The lowest BCUT2D eigenvalue weighted by molar-refractivity contribution is 0.0619. The van der Waals surface area contributed by atoms with E-state index in [4.69, 9.17) is 14.2 Å². The van der Waals surface area contributed by atoms with Crippen molar-refractivity contribution >= 4 is 28.4 Å². The second-order valence-electron chi connectivity index (χ2n) is 12.1. The van der Waals surface area contributed by atoms with Crippen molar-refractivity contribution in [2.45, 2.75) is 6.54 Å². The first-order chi connectivity index (χ1) is 24.0. The van der Waals surface area contributed by atoms with Crippen LogP contribution in [0, 0.1) is 0 Å². The molecule has 2 aliphatic rings. The summed E-state index contributed by atoms with van der Waals surface area (Å²) >= 11 is 0. The SMILES string of the molecule is Cn1c(C(=O)N2CCN(Cc3ccc4c(c3)OCO4)CC2)cc2cc(Oc3ccc(NC(=O)c4ccc(-n5cccc5)cc4)cn3)ccc21. The van der Waals surface area contributed by atoms with Crippen LogP contribution in [0.3, 0.4) is 0 Å². The van der Waals surface area contributed by atoms with Crippen LogP contribution in [0.2, 0.25) is 0 Å². The molecule has 8 rings (SSSR count). The minimum absolute atomic E-state index is 0.0139. The fourth-order valence-electron chi connectivity index (χ4n) is 6.30. The maximum atomic E-state index is 13.6. The van der Waals surface area contributed by atoms with Gasteiger partial charge in [-0.1, -0.05) is 6.07 Å². The zero-order valence-electron chi connectivity index (χ0n) is 26.9. The minimum atomic E-state index is -0.225. The molecule has 3 aromatic heterocycles. The summed E-state index contributed by atoms with van der Waals surface area (Å²) in [6.45, 7) is 3.96. The first kappa shape index (κ1) is 30.3. The van der Waals surface area contributed by atoms with E-state index in [1.165, 1.54) is 5.56 Å². The number of carbonyl (C=O) groups is 2. The average molecular weight is 655 g/mol. The molecular formula is C38H34N6O5. The van der Waals surface area contributed by atoms with E-state index in [0.29, 0.717) is 41.7 Å². The van der Waals surface area contributed by atoms with Crippen LogP contribution in [-0.4, -0.2) is 68.7 Å². The maximum absolute atomic E-state index is 13.6. The van der Waals surface area contributed by atoms with Gasteiger partial charge >= 0.3 is 0 Å². The summed E-state index contributed by atoms with van der Waals surface area (Å²) in [4.78, 5) is 35.1. The van der Waals surface area contributed by atoms with Gasteiger partial charge in [0.25, 0.3) is 11.8 Å². The van der Waals surface area contributed by atoms with Crippen molar-refractivity contribution in [1.29, 1.82) is 0 Å². The number of benzene rings is 3. The Hall–Kier alpha value is -6.07. The summed E-state index contributed by atoms with van der Waals surface area (Å²) in [5, 5.41) is 3.78. The van der Waals surface area contributed by atoms with E-state index in [0.717, 1.165) is 47.7 Å². The second-order valence-corrected chi connectivity index (χ2v) is 12.1. The van der Waals surface area contributed by atoms with Gasteiger partial charge in [0, 0.05) is 80.4 Å². The van der Waals surface area contributed by atoms with Crippen LogP contribution in [0.5, 0.6) is 23.1 Å². The summed E-state index contributed by atoms with van der Waals surface area (Å²) < 4.78 is 20.9. The summed E-state index contributed by atoms with van der Waals surface area (Å²) in [5.74, 6) is 2.35. The van der Waals surface area contributed by atoms with Crippen LogP contribution >= 0.6 is 0 Å². The Kier molecular flexibility index (Phi) is 7.94. The summed E-state index contributed by atoms with van der Waals surface area (Å²) in [5.41, 5.74) is 4.82. The molecule has 2 amide bonds. The number of aryl methyl sites for hydroxylation is 1. The fraction of sp³-hybridized carbons (Fsp3) is 0.184. The first-order valence-corrected chi connectivity index (χ1v) is 16.2. The van der Waals surface area contributed by atoms with Gasteiger partial charge in [0.15, 0.2) is 11.5 Å². The molecule has 5 heterocycles. The van der Waals surface area contributed by atoms with Crippen molar-refractivity contribution in [2.75, 3.05) is 38.3 Å². The highest BCUT2D eigenvalue weighted by atomic mass is 16.7. The van der Waals surface area contributed by atoms with E-state index < -0.39 is 0 Å². The van der Waals surface area contributed by atoms with Gasteiger partial charge in [-0.15, -0.1) is 0 Å². The van der Waals surface area contributed by atoms with Crippen LogP contribution in [0.15, 0.2) is 110 Å². The molecule has 0 unspecified atom stereocenters. The Balaban J connectivity index is 0.872. The van der Waals surface area contributed by atoms with E-state index in [-0.39, 0.29) is 18.6 Å². The Morgan fingerprint density at radius 2 is 1.65 bits per heavy atom. The van der Waals surface area contributed by atoms with Gasteiger partial charge in [0.1, 0.15) is 11.4 Å². The van der Waals surface area contributed by atoms with Gasteiger partial charge in [-0.3, -0.25) is 14.5 Å². The topological polar surface area (TPSA) is 103 Å². The van der Waals surface area contributed by atoms with Crippen molar-refractivity contribution in [3.8, 4) is 28.8 Å². The molecule has 1 fully saturated rings. The number of pyridine rings is 1. The monoisotopic (exact) mass is 654 g/mol. The van der Waals surface area contributed by atoms with Crippen molar-refractivity contribution in [3.63, 3.8) is 0 Å². The molecule has 6 aromatic rings. The Morgan fingerprint density at radius 1 is 0.857 bits per heavy atom. The van der Waals surface area contributed by atoms with Crippen LogP contribution in [0.4, 0.5) is 5.69 Å². The molecule has 246 valence electrons. The molecule has 1 N–H and O–H groups in total. The van der Waals surface area contributed by atoms with Gasteiger partial charge in [-0.25, -0.2) is 4.98 Å². The number of anilines is 1. The van der Waals surface area contributed by atoms with Crippen LogP contribution in [0.25, 0.3) is 16.6 Å². The first-order valence-electron chi connectivity index (χ1n) is 16.2. The number of amides is 2. The number of hydrogen-bond donors (Lipinski definition) is 1. The van der Waals surface area contributed by atoms with Crippen LogP contribution in [0.1, 0.15) is 26.4 Å². The number of nitrogens with one attached hydrogen (secondary N) is 1. The molecule has 49 heavy (non-hydrogen) atoms. The fourth-order valence-corrected chi connectivity index (χ4v) is 6.30. The number of aromatic nitrogens is 3. The van der Waals surface area contributed by atoms with E-state index in [2.05, 4.69) is 21.3 Å². The average Bonchev–Trinajstić information content (AvgIpc) is 3.90. The molecule has 2 aliphatic heterocycles. The number of nitrogens with zero attached hydrogens (tertiary/aromatic N) is 5. The largest absolute Gasteiger partial charge is 0.454 e. The van der Waals surface area contributed by atoms with Crippen molar-refractivity contribution < 1.29 is 23.8 Å². The highest BCUT2D eigenvalue weighted by Gasteiger charge is 2.25. The number of rotatable bonds is 8. The molecule has 0 spiro atoms. The highest BCUT2D eigenvalue weighted by molar-refractivity contribution is 6.04. The van der Waals surface area contributed by atoms with E-state index in [1.54, 1.807) is 30.5 Å². The molecule has 11 heteroatoms. The zero-order valence-corrected chi connectivity index (χ0v) is 26.9. The minimum Gasteiger partial charge on any atom is -0.454 e. The van der Waals surface area contributed by atoms with Gasteiger partial charge in [-0.05, 0) is 84.4 Å². The quantitative estimate of drug-likeness (QED) is 0.212. The highest BCUT2D eigenvalue weighted by Crippen LogP contribution is 2.33. The summed E-state index contributed by atoms with van der Waals surface area (Å²) in [7, 11) is 1.91. The lowest BCUT2D eigenvalue weighted by Crippen LogP contribution is -2.48. The Labute approximate surface area is 282 Å². The van der Waals surface area contributed by atoms with Crippen molar-refractivity contribution in [3.05, 3.63) is 126 Å². The number of piperazine rings is 1. The molecule has 1 saturated heterocycles.